The van der Waals surface area contributed by atoms with E-state index in [2.05, 4.69) is 31.7 Å². The molecule has 2 rings (SSSR count). The highest BCUT2D eigenvalue weighted by Crippen LogP contribution is 2.32. The predicted molar refractivity (Wildman–Crippen MR) is 71.6 cm³/mol. The lowest BCUT2D eigenvalue weighted by Gasteiger charge is -2.43. The smallest absolute Gasteiger partial charge is 0.152 e. The van der Waals surface area contributed by atoms with Gasteiger partial charge in [0.1, 0.15) is 0 Å². The zero-order valence-electron chi connectivity index (χ0n) is 10.9. The third-order valence-corrected chi connectivity index (χ3v) is 3.97. The Morgan fingerprint density at radius 2 is 1.94 bits per heavy atom. The molecule has 1 saturated heterocycles. The minimum Gasteiger partial charge on any atom is -0.368 e. The van der Waals surface area contributed by atoms with E-state index in [1.54, 1.807) is 0 Å². The van der Waals surface area contributed by atoms with Crippen LogP contribution in [0.15, 0.2) is 24.3 Å². The summed E-state index contributed by atoms with van der Waals surface area (Å²) < 4.78 is 0. The molecule has 3 unspecified atom stereocenters. The highest BCUT2D eigenvalue weighted by atomic mass is 16.1. The van der Waals surface area contributed by atoms with E-state index in [1.807, 2.05) is 18.2 Å². The van der Waals surface area contributed by atoms with E-state index < -0.39 is 0 Å². The van der Waals surface area contributed by atoms with Crippen LogP contribution >= 0.6 is 0 Å². The molecule has 0 aromatic heterocycles. The molecular formula is C15H21NO. The van der Waals surface area contributed by atoms with Crippen LogP contribution in [0.3, 0.4) is 0 Å². The summed E-state index contributed by atoms with van der Waals surface area (Å²) in [5, 5.41) is 0. The predicted octanol–water partition coefficient (Wildman–Crippen LogP) is 3.37. The summed E-state index contributed by atoms with van der Waals surface area (Å²) in [6, 6.07) is 8.41. The maximum atomic E-state index is 11.1. The molecule has 0 N–H and O–H groups in total. The first kappa shape index (κ1) is 12.2. The fraction of sp³-hybridized carbons (Fsp3) is 0.533. The van der Waals surface area contributed by atoms with Crippen LogP contribution in [0.2, 0.25) is 0 Å². The van der Waals surface area contributed by atoms with Gasteiger partial charge in [0, 0.05) is 23.8 Å². The van der Waals surface area contributed by atoms with Crippen molar-refractivity contribution in [2.75, 3.05) is 11.4 Å². The quantitative estimate of drug-likeness (QED) is 0.727. The Balaban J connectivity index is 2.34. The van der Waals surface area contributed by atoms with E-state index in [0.717, 1.165) is 24.1 Å². The van der Waals surface area contributed by atoms with Gasteiger partial charge in [0.05, 0.1) is 0 Å². The summed E-state index contributed by atoms with van der Waals surface area (Å²) in [4.78, 5) is 13.5. The van der Waals surface area contributed by atoms with Gasteiger partial charge in [-0.1, -0.05) is 26.0 Å². The van der Waals surface area contributed by atoms with Gasteiger partial charge in [-0.2, -0.15) is 0 Å². The lowest BCUT2D eigenvalue weighted by Crippen LogP contribution is -2.46. The molecule has 0 radical (unpaired) electrons. The molecule has 0 aliphatic carbocycles. The van der Waals surface area contributed by atoms with Crippen molar-refractivity contribution in [3.8, 4) is 0 Å². The zero-order valence-corrected chi connectivity index (χ0v) is 10.9. The van der Waals surface area contributed by atoms with Crippen molar-refractivity contribution in [1.29, 1.82) is 0 Å². The summed E-state index contributed by atoms with van der Waals surface area (Å²) in [6.45, 7) is 7.91. The van der Waals surface area contributed by atoms with Gasteiger partial charge < -0.3 is 4.90 Å². The number of carbonyl (C=O) groups is 1. The number of nitrogens with zero attached hydrogens (tertiary/aromatic N) is 1. The molecular weight excluding hydrogens is 210 g/mol. The number of piperidine rings is 1. The minimum absolute atomic E-state index is 0.507. The molecule has 0 bridgehead atoms. The van der Waals surface area contributed by atoms with E-state index in [9.17, 15) is 4.79 Å². The molecule has 0 spiro atoms. The van der Waals surface area contributed by atoms with E-state index in [0.29, 0.717) is 17.9 Å². The molecule has 17 heavy (non-hydrogen) atoms. The van der Waals surface area contributed by atoms with Crippen molar-refractivity contribution in [3.05, 3.63) is 29.8 Å². The monoisotopic (exact) mass is 231 g/mol. The van der Waals surface area contributed by atoms with Crippen LogP contribution in [0.5, 0.6) is 0 Å². The summed E-state index contributed by atoms with van der Waals surface area (Å²) in [5.41, 5.74) is 1.90. The highest BCUT2D eigenvalue weighted by Gasteiger charge is 2.29. The summed E-state index contributed by atoms with van der Waals surface area (Å²) in [7, 11) is 0. The van der Waals surface area contributed by atoms with Crippen LogP contribution in [-0.4, -0.2) is 18.9 Å². The third-order valence-electron chi connectivity index (χ3n) is 3.97. The van der Waals surface area contributed by atoms with E-state index in [-0.39, 0.29) is 0 Å². The number of hydrogen-bond donors (Lipinski definition) is 0. The van der Waals surface area contributed by atoms with Crippen molar-refractivity contribution < 1.29 is 4.79 Å². The number of para-hydroxylation sites is 1. The van der Waals surface area contributed by atoms with E-state index >= 15 is 0 Å². The van der Waals surface area contributed by atoms with Crippen molar-refractivity contribution in [2.24, 2.45) is 11.8 Å². The molecule has 1 aromatic carbocycles. The number of aldehydes is 1. The Bertz CT molecular complexity index is 402. The molecule has 1 aliphatic rings. The molecule has 1 heterocycles. The fourth-order valence-electron chi connectivity index (χ4n) is 2.88. The summed E-state index contributed by atoms with van der Waals surface area (Å²) >= 11 is 0. The third kappa shape index (κ3) is 2.36. The topological polar surface area (TPSA) is 20.3 Å². The van der Waals surface area contributed by atoms with Crippen LogP contribution in [0.25, 0.3) is 0 Å². The van der Waals surface area contributed by atoms with Gasteiger partial charge in [0.2, 0.25) is 0 Å². The number of benzene rings is 1. The first-order chi connectivity index (χ1) is 8.13. The van der Waals surface area contributed by atoms with Crippen LogP contribution in [-0.2, 0) is 0 Å². The van der Waals surface area contributed by atoms with Gasteiger partial charge >= 0.3 is 0 Å². The molecule has 3 atom stereocenters. The standard InChI is InChI=1S/C15H21NO/c1-11-8-12(2)13(3)16(9-11)15-7-5-4-6-14(15)10-17/h4-7,10-13H,8-9H2,1-3H3. The lowest BCUT2D eigenvalue weighted by molar-refractivity contribution is 0.112. The number of rotatable bonds is 2. The molecule has 0 saturated carbocycles. The second kappa shape index (κ2) is 4.91. The van der Waals surface area contributed by atoms with Gasteiger partial charge in [0.25, 0.3) is 0 Å². The van der Waals surface area contributed by atoms with E-state index in [4.69, 9.17) is 0 Å². The SMILES string of the molecule is CC1CC(C)C(C)N(c2ccccc2C=O)C1. The summed E-state index contributed by atoms with van der Waals surface area (Å²) in [5.74, 6) is 1.37. The Labute approximate surface area is 104 Å². The van der Waals surface area contributed by atoms with Crippen LogP contribution < -0.4 is 4.90 Å². The minimum atomic E-state index is 0.507. The zero-order chi connectivity index (χ0) is 12.4. The lowest BCUT2D eigenvalue weighted by atomic mass is 9.85. The van der Waals surface area contributed by atoms with E-state index in [1.165, 1.54) is 6.42 Å². The molecule has 2 heteroatoms. The fourth-order valence-corrected chi connectivity index (χ4v) is 2.88. The van der Waals surface area contributed by atoms with Crippen molar-refractivity contribution in [2.45, 2.75) is 33.2 Å². The highest BCUT2D eigenvalue weighted by molar-refractivity contribution is 5.84. The number of anilines is 1. The van der Waals surface area contributed by atoms with Crippen molar-refractivity contribution >= 4 is 12.0 Å². The first-order valence-electron chi connectivity index (χ1n) is 6.44. The second-order valence-corrected chi connectivity index (χ2v) is 5.39. The van der Waals surface area contributed by atoms with Crippen molar-refractivity contribution in [1.82, 2.24) is 0 Å². The van der Waals surface area contributed by atoms with Gasteiger partial charge in [-0.15, -0.1) is 0 Å². The molecule has 1 aromatic rings. The average Bonchev–Trinajstić information content (AvgIpc) is 2.33. The number of hydrogen-bond acceptors (Lipinski definition) is 2. The van der Waals surface area contributed by atoms with Gasteiger partial charge in [-0.25, -0.2) is 0 Å². The second-order valence-electron chi connectivity index (χ2n) is 5.39. The molecule has 92 valence electrons. The molecule has 1 aliphatic heterocycles. The Morgan fingerprint density at radius 1 is 1.24 bits per heavy atom. The maximum absolute atomic E-state index is 11.1. The Morgan fingerprint density at radius 3 is 2.65 bits per heavy atom. The van der Waals surface area contributed by atoms with Gasteiger partial charge in [-0.05, 0) is 37.3 Å². The molecule has 1 fully saturated rings. The van der Waals surface area contributed by atoms with Crippen molar-refractivity contribution in [3.63, 3.8) is 0 Å². The maximum Gasteiger partial charge on any atom is 0.152 e. The van der Waals surface area contributed by atoms with Gasteiger partial charge in [0.15, 0.2) is 6.29 Å². The Kier molecular flexibility index (Phi) is 3.51. The normalized spacial score (nSPS) is 29.1. The average molecular weight is 231 g/mol. The largest absolute Gasteiger partial charge is 0.368 e. The summed E-state index contributed by atoms with van der Waals surface area (Å²) in [6.07, 6.45) is 2.24. The number of carbonyl (C=O) groups excluding carboxylic acids is 1. The van der Waals surface area contributed by atoms with Crippen LogP contribution in [0.4, 0.5) is 5.69 Å². The van der Waals surface area contributed by atoms with Crippen LogP contribution in [0.1, 0.15) is 37.6 Å². The molecule has 2 nitrogen and oxygen atoms in total. The van der Waals surface area contributed by atoms with Gasteiger partial charge in [-0.3, -0.25) is 4.79 Å². The first-order valence-corrected chi connectivity index (χ1v) is 6.44. The Hall–Kier alpha value is -1.31. The van der Waals surface area contributed by atoms with Crippen LogP contribution in [0, 0.1) is 11.8 Å². The molecule has 0 amide bonds.